The highest BCUT2D eigenvalue weighted by Crippen LogP contribution is 2.32. The molecule has 2 N–H and O–H groups in total. The van der Waals surface area contributed by atoms with Crippen molar-refractivity contribution in [3.05, 3.63) is 29.8 Å². The molecular weight excluding hydrogens is 214 g/mol. The van der Waals surface area contributed by atoms with E-state index in [0.29, 0.717) is 12.0 Å². The molecule has 1 heterocycles. The van der Waals surface area contributed by atoms with Gasteiger partial charge in [-0.1, -0.05) is 18.2 Å². The number of para-hydroxylation sites is 1. The first-order valence-electron chi connectivity index (χ1n) is 6.37. The Balaban J connectivity index is 1.81. The molecule has 0 fully saturated rings. The van der Waals surface area contributed by atoms with Crippen LogP contribution in [0.4, 0.5) is 0 Å². The molecule has 2 rings (SSSR count). The van der Waals surface area contributed by atoms with E-state index in [1.54, 1.807) is 0 Å². The summed E-state index contributed by atoms with van der Waals surface area (Å²) in [5.74, 6) is 1.49. The van der Waals surface area contributed by atoms with Crippen LogP contribution in [0.2, 0.25) is 0 Å². The van der Waals surface area contributed by atoms with Gasteiger partial charge in [-0.05, 0) is 25.8 Å². The van der Waals surface area contributed by atoms with E-state index in [2.05, 4.69) is 24.4 Å². The Morgan fingerprint density at radius 3 is 3.12 bits per heavy atom. The lowest BCUT2D eigenvalue weighted by Gasteiger charge is -2.16. The van der Waals surface area contributed by atoms with Crippen molar-refractivity contribution in [3.63, 3.8) is 0 Å². The van der Waals surface area contributed by atoms with E-state index in [4.69, 9.17) is 9.84 Å². The van der Waals surface area contributed by atoms with Crippen LogP contribution >= 0.6 is 0 Å². The molecule has 1 aliphatic heterocycles. The first kappa shape index (κ1) is 12.4. The monoisotopic (exact) mass is 235 g/mol. The molecule has 0 bridgehead atoms. The Hall–Kier alpha value is -1.06. The normalized spacial score (nSPS) is 19.8. The fourth-order valence-electron chi connectivity index (χ4n) is 2.24. The van der Waals surface area contributed by atoms with Crippen molar-refractivity contribution in [2.45, 2.75) is 31.7 Å². The minimum atomic E-state index is 0.279. The van der Waals surface area contributed by atoms with Gasteiger partial charge in [0.15, 0.2) is 0 Å². The first-order valence-corrected chi connectivity index (χ1v) is 6.37. The smallest absolute Gasteiger partial charge is 0.122 e. The molecule has 1 aromatic carbocycles. The molecule has 0 aromatic heterocycles. The molecule has 0 saturated carbocycles. The zero-order valence-corrected chi connectivity index (χ0v) is 10.4. The maximum Gasteiger partial charge on any atom is 0.122 e. The number of ether oxygens (including phenoxy) is 1. The molecule has 1 aromatic rings. The Morgan fingerprint density at radius 2 is 2.29 bits per heavy atom. The number of benzene rings is 1. The average Bonchev–Trinajstić information content (AvgIpc) is 2.77. The third-order valence-electron chi connectivity index (χ3n) is 3.31. The van der Waals surface area contributed by atoms with Gasteiger partial charge in [0.1, 0.15) is 5.75 Å². The van der Waals surface area contributed by atoms with Crippen molar-refractivity contribution >= 4 is 0 Å². The lowest BCUT2D eigenvalue weighted by atomic mass is 10.0. The summed E-state index contributed by atoms with van der Waals surface area (Å²) in [5, 5.41) is 12.3. The molecule has 3 nitrogen and oxygen atoms in total. The lowest BCUT2D eigenvalue weighted by Crippen LogP contribution is -2.31. The van der Waals surface area contributed by atoms with E-state index in [1.165, 1.54) is 5.56 Å². The van der Waals surface area contributed by atoms with Crippen LogP contribution in [0, 0.1) is 0 Å². The summed E-state index contributed by atoms with van der Waals surface area (Å²) in [6.07, 6.45) is 1.89. The number of aliphatic hydroxyl groups is 1. The summed E-state index contributed by atoms with van der Waals surface area (Å²) in [7, 11) is 0. The summed E-state index contributed by atoms with van der Waals surface area (Å²) in [6, 6.07) is 8.71. The van der Waals surface area contributed by atoms with Crippen molar-refractivity contribution in [3.8, 4) is 5.75 Å². The van der Waals surface area contributed by atoms with E-state index in [1.807, 2.05) is 12.1 Å². The zero-order valence-electron chi connectivity index (χ0n) is 10.4. The minimum absolute atomic E-state index is 0.279. The number of rotatable bonds is 6. The van der Waals surface area contributed by atoms with Gasteiger partial charge in [-0.15, -0.1) is 0 Å². The summed E-state index contributed by atoms with van der Waals surface area (Å²) in [6.45, 7) is 4.17. The van der Waals surface area contributed by atoms with E-state index < -0.39 is 0 Å². The molecule has 3 heteroatoms. The van der Waals surface area contributed by atoms with Gasteiger partial charge in [0.2, 0.25) is 0 Å². The van der Waals surface area contributed by atoms with Crippen LogP contribution in [-0.2, 0) is 0 Å². The average molecular weight is 235 g/mol. The molecule has 0 spiro atoms. The highest BCUT2D eigenvalue weighted by atomic mass is 16.5. The Labute approximate surface area is 103 Å². The molecule has 0 aliphatic carbocycles. The minimum Gasteiger partial charge on any atom is -0.493 e. The second kappa shape index (κ2) is 6.03. The highest BCUT2D eigenvalue weighted by Gasteiger charge is 2.23. The van der Waals surface area contributed by atoms with Crippen molar-refractivity contribution < 1.29 is 9.84 Å². The van der Waals surface area contributed by atoms with Crippen LogP contribution in [0.15, 0.2) is 24.3 Å². The largest absolute Gasteiger partial charge is 0.493 e. The summed E-state index contributed by atoms with van der Waals surface area (Å²) < 4.78 is 5.64. The van der Waals surface area contributed by atoms with E-state index >= 15 is 0 Å². The van der Waals surface area contributed by atoms with E-state index in [-0.39, 0.29) is 6.61 Å². The van der Waals surface area contributed by atoms with Crippen LogP contribution in [0.1, 0.15) is 31.2 Å². The number of hydrogen-bond acceptors (Lipinski definition) is 3. The summed E-state index contributed by atoms with van der Waals surface area (Å²) in [5.41, 5.74) is 1.31. The van der Waals surface area contributed by atoms with Crippen LogP contribution in [-0.4, -0.2) is 30.9 Å². The topological polar surface area (TPSA) is 41.5 Å². The predicted molar refractivity (Wildman–Crippen MR) is 68.5 cm³/mol. The molecule has 0 saturated heterocycles. The highest BCUT2D eigenvalue weighted by molar-refractivity contribution is 5.39. The van der Waals surface area contributed by atoms with Crippen molar-refractivity contribution in [2.75, 3.05) is 19.8 Å². The van der Waals surface area contributed by atoms with Gasteiger partial charge >= 0.3 is 0 Å². The van der Waals surface area contributed by atoms with Crippen molar-refractivity contribution in [1.29, 1.82) is 0 Å². The molecule has 1 aliphatic rings. The van der Waals surface area contributed by atoms with Crippen LogP contribution in [0.25, 0.3) is 0 Å². The maximum absolute atomic E-state index is 8.78. The van der Waals surface area contributed by atoms with Gasteiger partial charge in [-0.25, -0.2) is 0 Å². The lowest BCUT2D eigenvalue weighted by molar-refractivity contribution is 0.274. The number of hydrogen-bond donors (Lipinski definition) is 2. The first-order chi connectivity index (χ1) is 8.31. The standard InChI is InChI=1S/C14H21NO2/c1-11(5-4-8-16)15-9-12-10-17-14-7-3-2-6-13(12)14/h2-3,6-7,11-12,15-16H,4-5,8-10H2,1H3. The third kappa shape index (κ3) is 3.20. The van der Waals surface area contributed by atoms with Gasteiger partial charge < -0.3 is 15.2 Å². The Kier molecular flexibility index (Phi) is 4.40. The molecule has 17 heavy (non-hydrogen) atoms. The van der Waals surface area contributed by atoms with Gasteiger partial charge in [0, 0.05) is 30.7 Å². The maximum atomic E-state index is 8.78. The molecular formula is C14H21NO2. The summed E-state index contributed by atoms with van der Waals surface area (Å²) in [4.78, 5) is 0. The summed E-state index contributed by atoms with van der Waals surface area (Å²) >= 11 is 0. The van der Waals surface area contributed by atoms with Crippen molar-refractivity contribution in [2.24, 2.45) is 0 Å². The third-order valence-corrected chi connectivity index (χ3v) is 3.31. The zero-order chi connectivity index (χ0) is 12.1. The second-order valence-electron chi connectivity index (χ2n) is 4.72. The Morgan fingerprint density at radius 1 is 1.47 bits per heavy atom. The van der Waals surface area contributed by atoms with Gasteiger partial charge in [0.25, 0.3) is 0 Å². The fourth-order valence-corrected chi connectivity index (χ4v) is 2.24. The van der Waals surface area contributed by atoms with Gasteiger partial charge in [-0.2, -0.15) is 0 Å². The number of fused-ring (bicyclic) bond motifs is 1. The van der Waals surface area contributed by atoms with Crippen LogP contribution < -0.4 is 10.1 Å². The quantitative estimate of drug-likeness (QED) is 0.791. The number of nitrogens with one attached hydrogen (secondary N) is 1. The molecule has 0 radical (unpaired) electrons. The van der Waals surface area contributed by atoms with E-state index in [0.717, 1.165) is 31.7 Å². The SMILES string of the molecule is CC(CCCO)NCC1COc2ccccc21. The van der Waals surface area contributed by atoms with Crippen LogP contribution in [0.5, 0.6) is 5.75 Å². The molecule has 94 valence electrons. The fraction of sp³-hybridized carbons (Fsp3) is 0.571. The molecule has 2 unspecified atom stereocenters. The van der Waals surface area contributed by atoms with Gasteiger partial charge in [-0.3, -0.25) is 0 Å². The second-order valence-corrected chi connectivity index (χ2v) is 4.72. The Bertz CT molecular complexity index is 354. The van der Waals surface area contributed by atoms with Gasteiger partial charge in [0.05, 0.1) is 6.61 Å². The van der Waals surface area contributed by atoms with E-state index in [9.17, 15) is 0 Å². The molecule has 0 amide bonds. The molecule has 2 atom stereocenters. The van der Waals surface area contributed by atoms with Crippen molar-refractivity contribution in [1.82, 2.24) is 5.32 Å². The van der Waals surface area contributed by atoms with Crippen LogP contribution in [0.3, 0.4) is 0 Å². The predicted octanol–water partition coefficient (Wildman–Crippen LogP) is 1.91. The number of aliphatic hydroxyl groups excluding tert-OH is 1.